The molecule has 92 valence electrons. The number of benzene rings is 1. The second-order valence-corrected chi connectivity index (χ2v) is 4.16. The number of hydrogen-bond donors (Lipinski definition) is 2. The van der Waals surface area contributed by atoms with E-state index in [2.05, 4.69) is 44.7 Å². The summed E-state index contributed by atoms with van der Waals surface area (Å²) in [4.78, 5) is 7.16. The van der Waals surface area contributed by atoms with Crippen LogP contribution in [0.25, 0.3) is 10.9 Å². The van der Waals surface area contributed by atoms with Crippen LogP contribution in [0.5, 0.6) is 0 Å². The number of H-pyrrole nitrogens is 1. The summed E-state index contributed by atoms with van der Waals surface area (Å²) in [6.07, 6.45) is 4.14. The van der Waals surface area contributed by atoms with Gasteiger partial charge < -0.3 is 14.8 Å². The average Bonchev–Trinajstić information content (AvgIpc) is 3.05. The number of fused-ring (bicyclic) bond motifs is 1. The standard InChI is InChI=1S/C13H14N4O/c1-2-12-11(3-6-15-12)7-10(1)8-14-5-4-13-16-9-17-18-13/h1-3,6-7,9,14-15H,4-5,8H2. The molecule has 18 heavy (non-hydrogen) atoms. The maximum absolute atomic E-state index is 4.93. The summed E-state index contributed by atoms with van der Waals surface area (Å²) in [7, 11) is 0. The zero-order chi connectivity index (χ0) is 12.2. The molecule has 2 aromatic heterocycles. The van der Waals surface area contributed by atoms with Gasteiger partial charge >= 0.3 is 0 Å². The molecule has 0 atom stereocenters. The van der Waals surface area contributed by atoms with E-state index in [0.717, 1.165) is 19.5 Å². The Hall–Kier alpha value is -2.14. The summed E-state index contributed by atoms with van der Waals surface area (Å²) in [5.74, 6) is 0.670. The number of aromatic nitrogens is 3. The van der Waals surface area contributed by atoms with Crippen LogP contribution in [0, 0.1) is 0 Å². The molecular weight excluding hydrogens is 228 g/mol. The Balaban J connectivity index is 1.53. The predicted octanol–water partition coefficient (Wildman–Crippen LogP) is 1.88. The van der Waals surface area contributed by atoms with Crippen molar-refractivity contribution in [2.75, 3.05) is 6.54 Å². The lowest BCUT2D eigenvalue weighted by atomic mass is 10.1. The SMILES string of the molecule is c1noc(CCNCc2ccc3[nH]ccc3c2)n1. The minimum absolute atomic E-state index is 0.670. The molecule has 0 saturated heterocycles. The topological polar surface area (TPSA) is 66.7 Å². The van der Waals surface area contributed by atoms with E-state index in [-0.39, 0.29) is 0 Å². The Kier molecular flexibility index (Phi) is 3.06. The maximum Gasteiger partial charge on any atom is 0.227 e. The molecule has 0 bridgehead atoms. The molecule has 0 radical (unpaired) electrons. The normalized spacial score (nSPS) is 11.1. The van der Waals surface area contributed by atoms with Crippen LogP contribution in [0.1, 0.15) is 11.5 Å². The van der Waals surface area contributed by atoms with Crippen molar-refractivity contribution in [2.45, 2.75) is 13.0 Å². The van der Waals surface area contributed by atoms with Crippen molar-refractivity contribution in [1.29, 1.82) is 0 Å². The van der Waals surface area contributed by atoms with Crippen LogP contribution in [0.2, 0.25) is 0 Å². The Labute approximate surface area is 104 Å². The second-order valence-electron chi connectivity index (χ2n) is 4.16. The van der Waals surface area contributed by atoms with Gasteiger partial charge in [0.2, 0.25) is 5.89 Å². The fourth-order valence-corrected chi connectivity index (χ4v) is 1.95. The number of hydrogen-bond acceptors (Lipinski definition) is 4. The van der Waals surface area contributed by atoms with E-state index in [1.807, 2.05) is 6.20 Å². The summed E-state index contributed by atoms with van der Waals surface area (Å²) < 4.78 is 4.93. The highest BCUT2D eigenvalue weighted by atomic mass is 16.5. The van der Waals surface area contributed by atoms with Gasteiger partial charge in [0.15, 0.2) is 6.33 Å². The molecule has 0 fully saturated rings. The third-order valence-corrected chi connectivity index (χ3v) is 2.87. The molecule has 5 heteroatoms. The van der Waals surface area contributed by atoms with Crippen molar-refractivity contribution < 1.29 is 4.52 Å². The van der Waals surface area contributed by atoms with Crippen molar-refractivity contribution in [3.63, 3.8) is 0 Å². The molecule has 0 aliphatic carbocycles. The maximum atomic E-state index is 4.93. The molecular formula is C13H14N4O. The van der Waals surface area contributed by atoms with E-state index in [4.69, 9.17) is 4.52 Å². The highest BCUT2D eigenvalue weighted by Crippen LogP contribution is 2.13. The van der Waals surface area contributed by atoms with Gasteiger partial charge in [0.1, 0.15) is 0 Å². The molecule has 0 amide bonds. The summed E-state index contributed by atoms with van der Waals surface area (Å²) in [5.41, 5.74) is 2.44. The van der Waals surface area contributed by atoms with Crippen LogP contribution in [0.4, 0.5) is 0 Å². The smallest absolute Gasteiger partial charge is 0.227 e. The summed E-state index contributed by atoms with van der Waals surface area (Å²) in [5, 5.41) is 8.17. The Morgan fingerprint density at radius 1 is 1.28 bits per heavy atom. The van der Waals surface area contributed by atoms with Crippen LogP contribution in [0.3, 0.4) is 0 Å². The fraction of sp³-hybridized carbons (Fsp3) is 0.231. The second kappa shape index (κ2) is 5.01. The third kappa shape index (κ3) is 2.41. The molecule has 0 aliphatic heterocycles. The van der Waals surface area contributed by atoms with E-state index < -0.39 is 0 Å². The first-order chi connectivity index (χ1) is 8.92. The van der Waals surface area contributed by atoms with Crippen LogP contribution in [-0.2, 0) is 13.0 Å². The first kappa shape index (κ1) is 11.0. The van der Waals surface area contributed by atoms with Crippen molar-refractivity contribution in [3.05, 3.63) is 48.2 Å². The predicted molar refractivity (Wildman–Crippen MR) is 68.0 cm³/mol. The minimum Gasteiger partial charge on any atom is -0.361 e. The molecule has 3 aromatic rings. The van der Waals surface area contributed by atoms with E-state index in [0.29, 0.717) is 5.89 Å². The molecule has 1 aromatic carbocycles. The van der Waals surface area contributed by atoms with E-state index in [1.54, 1.807) is 0 Å². The summed E-state index contributed by atoms with van der Waals surface area (Å²) >= 11 is 0. The van der Waals surface area contributed by atoms with Crippen LogP contribution < -0.4 is 5.32 Å². The molecule has 3 rings (SSSR count). The lowest BCUT2D eigenvalue weighted by Crippen LogP contribution is -2.16. The molecule has 2 heterocycles. The summed E-state index contributed by atoms with van der Waals surface area (Å²) in [6, 6.07) is 8.49. The number of nitrogens with zero attached hydrogens (tertiary/aromatic N) is 2. The lowest BCUT2D eigenvalue weighted by molar-refractivity contribution is 0.375. The average molecular weight is 242 g/mol. The summed E-state index contributed by atoms with van der Waals surface area (Å²) in [6.45, 7) is 1.67. The lowest BCUT2D eigenvalue weighted by Gasteiger charge is -2.03. The van der Waals surface area contributed by atoms with Gasteiger partial charge in [-0.3, -0.25) is 0 Å². The van der Waals surface area contributed by atoms with Gasteiger partial charge in [-0.25, -0.2) is 0 Å². The first-order valence-corrected chi connectivity index (χ1v) is 5.94. The van der Waals surface area contributed by atoms with Gasteiger partial charge in [-0.1, -0.05) is 11.2 Å². The Morgan fingerprint density at radius 2 is 2.28 bits per heavy atom. The van der Waals surface area contributed by atoms with E-state index in [1.165, 1.54) is 22.8 Å². The van der Waals surface area contributed by atoms with Gasteiger partial charge in [-0.15, -0.1) is 0 Å². The van der Waals surface area contributed by atoms with Crippen LogP contribution in [-0.4, -0.2) is 21.7 Å². The largest absolute Gasteiger partial charge is 0.361 e. The van der Waals surface area contributed by atoms with Crippen molar-refractivity contribution in [1.82, 2.24) is 20.4 Å². The van der Waals surface area contributed by atoms with Gasteiger partial charge in [-0.05, 0) is 29.1 Å². The third-order valence-electron chi connectivity index (χ3n) is 2.87. The molecule has 0 aliphatic rings. The Bertz CT molecular complexity index is 615. The van der Waals surface area contributed by atoms with Gasteiger partial charge in [0.05, 0.1) is 0 Å². The zero-order valence-electron chi connectivity index (χ0n) is 9.89. The fourth-order valence-electron chi connectivity index (χ4n) is 1.95. The van der Waals surface area contributed by atoms with Gasteiger partial charge in [0.25, 0.3) is 0 Å². The number of rotatable bonds is 5. The van der Waals surface area contributed by atoms with E-state index >= 15 is 0 Å². The first-order valence-electron chi connectivity index (χ1n) is 5.94. The number of nitrogens with one attached hydrogen (secondary N) is 2. The van der Waals surface area contributed by atoms with Gasteiger partial charge in [0, 0.05) is 31.2 Å². The quantitative estimate of drug-likeness (QED) is 0.670. The van der Waals surface area contributed by atoms with Crippen LogP contribution in [0.15, 0.2) is 41.3 Å². The van der Waals surface area contributed by atoms with Crippen LogP contribution >= 0.6 is 0 Å². The zero-order valence-corrected chi connectivity index (χ0v) is 9.89. The van der Waals surface area contributed by atoms with Gasteiger partial charge in [-0.2, -0.15) is 4.98 Å². The molecule has 0 unspecified atom stereocenters. The molecule has 0 saturated carbocycles. The highest BCUT2D eigenvalue weighted by molar-refractivity contribution is 5.79. The molecule has 5 nitrogen and oxygen atoms in total. The van der Waals surface area contributed by atoms with Crippen molar-refractivity contribution >= 4 is 10.9 Å². The van der Waals surface area contributed by atoms with Crippen molar-refractivity contribution in [3.8, 4) is 0 Å². The minimum atomic E-state index is 0.670. The highest BCUT2D eigenvalue weighted by Gasteiger charge is 1.99. The number of aromatic amines is 1. The van der Waals surface area contributed by atoms with Crippen molar-refractivity contribution in [2.24, 2.45) is 0 Å². The Morgan fingerprint density at radius 3 is 3.17 bits per heavy atom. The molecule has 0 spiro atoms. The molecule has 2 N–H and O–H groups in total. The van der Waals surface area contributed by atoms with E-state index in [9.17, 15) is 0 Å². The monoisotopic (exact) mass is 242 g/mol.